The molecule has 6 nitrogen and oxygen atoms in total. The first-order valence-corrected chi connectivity index (χ1v) is 9.01. The minimum Gasteiger partial charge on any atom is -0.393 e. The normalized spacial score (nSPS) is 20.7. The molecule has 0 unspecified atom stereocenters. The van der Waals surface area contributed by atoms with Crippen LogP contribution >= 0.6 is 0 Å². The topological polar surface area (TPSA) is 76.7 Å². The maximum absolute atomic E-state index is 9.77. The fourth-order valence-electron chi connectivity index (χ4n) is 3.87. The molecule has 0 aliphatic heterocycles. The summed E-state index contributed by atoms with van der Waals surface area (Å²) in [5, 5.41) is 10.8. The summed E-state index contributed by atoms with van der Waals surface area (Å²) in [4.78, 5) is 18.3. The number of aliphatic hydroxyl groups excluding tert-OH is 1. The summed E-state index contributed by atoms with van der Waals surface area (Å²) in [6, 6.07) is 10.4. The van der Waals surface area contributed by atoms with Crippen LogP contribution in [0.1, 0.15) is 31.7 Å². The third kappa shape index (κ3) is 2.54. The van der Waals surface area contributed by atoms with Crippen LogP contribution < -0.4 is 0 Å². The third-order valence-electron chi connectivity index (χ3n) is 5.27. The van der Waals surface area contributed by atoms with Crippen LogP contribution in [0, 0.1) is 0 Å². The second-order valence-electron chi connectivity index (χ2n) is 6.89. The predicted octanol–water partition coefficient (Wildman–Crippen LogP) is 3.52. The molecule has 1 aliphatic rings. The molecule has 3 aromatic heterocycles. The van der Waals surface area contributed by atoms with Crippen LogP contribution in [0.15, 0.2) is 49.1 Å². The van der Waals surface area contributed by atoms with Gasteiger partial charge in [0.15, 0.2) is 11.3 Å². The molecule has 6 heteroatoms. The molecule has 0 atom stereocenters. The summed E-state index contributed by atoms with van der Waals surface area (Å²) in [5.41, 5.74) is 4.27. The van der Waals surface area contributed by atoms with E-state index in [4.69, 9.17) is 4.98 Å². The number of hydrogen-bond acceptors (Lipinski definition) is 5. The van der Waals surface area contributed by atoms with Crippen LogP contribution in [0.4, 0.5) is 0 Å². The van der Waals surface area contributed by atoms with Crippen molar-refractivity contribution in [3.63, 3.8) is 0 Å². The van der Waals surface area contributed by atoms with Crippen molar-refractivity contribution in [2.75, 3.05) is 0 Å². The van der Waals surface area contributed by atoms with E-state index in [-0.39, 0.29) is 6.10 Å². The summed E-state index contributed by atoms with van der Waals surface area (Å²) in [6.07, 6.45) is 8.78. The van der Waals surface area contributed by atoms with Gasteiger partial charge in [-0.1, -0.05) is 18.2 Å². The van der Waals surface area contributed by atoms with Gasteiger partial charge in [0.2, 0.25) is 0 Å². The quantitative estimate of drug-likeness (QED) is 0.601. The Hall–Kier alpha value is -2.86. The molecule has 1 fully saturated rings. The largest absolute Gasteiger partial charge is 0.393 e. The van der Waals surface area contributed by atoms with Crippen molar-refractivity contribution >= 4 is 22.2 Å². The zero-order valence-electron chi connectivity index (χ0n) is 14.3. The highest BCUT2D eigenvalue weighted by Gasteiger charge is 2.23. The van der Waals surface area contributed by atoms with Gasteiger partial charge in [0, 0.05) is 23.2 Å². The van der Waals surface area contributed by atoms with Gasteiger partial charge >= 0.3 is 0 Å². The molecule has 5 rings (SSSR count). The van der Waals surface area contributed by atoms with E-state index in [1.807, 2.05) is 24.5 Å². The van der Waals surface area contributed by atoms with E-state index >= 15 is 0 Å². The number of pyridine rings is 1. The first kappa shape index (κ1) is 15.4. The van der Waals surface area contributed by atoms with Crippen LogP contribution in [0.2, 0.25) is 0 Å². The second-order valence-corrected chi connectivity index (χ2v) is 6.89. The number of aliphatic hydroxyl groups is 1. The van der Waals surface area contributed by atoms with Gasteiger partial charge in [-0.15, -0.1) is 0 Å². The predicted molar refractivity (Wildman–Crippen MR) is 99.6 cm³/mol. The molecule has 1 aromatic carbocycles. The third-order valence-corrected chi connectivity index (χ3v) is 5.27. The van der Waals surface area contributed by atoms with E-state index in [1.54, 1.807) is 12.4 Å². The highest BCUT2D eigenvalue weighted by molar-refractivity contribution is 5.93. The number of fused-ring (bicyclic) bond motifs is 2. The van der Waals surface area contributed by atoms with Gasteiger partial charge in [-0.25, -0.2) is 15.0 Å². The van der Waals surface area contributed by atoms with E-state index < -0.39 is 0 Å². The summed E-state index contributed by atoms with van der Waals surface area (Å²) in [5.74, 6) is 0. The number of aromatic nitrogens is 5. The Labute approximate surface area is 150 Å². The molecule has 0 spiro atoms. The second kappa shape index (κ2) is 6.14. The van der Waals surface area contributed by atoms with Gasteiger partial charge in [-0.3, -0.25) is 4.98 Å². The van der Waals surface area contributed by atoms with Gasteiger partial charge in [0.25, 0.3) is 0 Å². The Bertz CT molecular complexity index is 1080. The highest BCUT2D eigenvalue weighted by Crippen LogP contribution is 2.31. The molecule has 3 heterocycles. The van der Waals surface area contributed by atoms with E-state index in [0.29, 0.717) is 11.7 Å². The average molecular weight is 345 g/mol. The van der Waals surface area contributed by atoms with Gasteiger partial charge < -0.3 is 9.67 Å². The van der Waals surface area contributed by atoms with E-state index in [0.717, 1.165) is 53.5 Å². The summed E-state index contributed by atoms with van der Waals surface area (Å²) in [7, 11) is 0. The molecule has 1 aliphatic carbocycles. The fraction of sp³-hybridized carbons (Fsp3) is 0.300. The number of benzene rings is 1. The lowest BCUT2D eigenvalue weighted by Crippen LogP contribution is -2.20. The maximum Gasteiger partial charge on any atom is 0.197 e. The number of nitrogens with zero attached hydrogens (tertiary/aromatic N) is 5. The maximum atomic E-state index is 9.77. The van der Waals surface area contributed by atoms with Crippen molar-refractivity contribution in [2.45, 2.75) is 37.8 Å². The van der Waals surface area contributed by atoms with Crippen LogP contribution in [0.25, 0.3) is 33.5 Å². The van der Waals surface area contributed by atoms with Crippen LogP contribution in [0.3, 0.4) is 0 Å². The smallest absolute Gasteiger partial charge is 0.197 e. The molecule has 4 aromatic rings. The summed E-state index contributed by atoms with van der Waals surface area (Å²) >= 11 is 0. The molecule has 26 heavy (non-hydrogen) atoms. The van der Waals surface area contributed by atoms with E-state index in [2.05, 4.69) is 31.7 Å². The Morgan fingerprint density at radius 2 is 1.85 bits per heavy atom. The molecule has 1 saturated carbocycles. The standard InChI is InChI=1S/C20H19N5O/c26-14-8-6-13(7-9-14)25-12-23-19-20(25)24-18(11-22-19)16-3-1-5-17-15(16)4-2-10-21-17/h1-5,10-14,26H,6-9H2/t13-,14-. The van der Waals surface area contributed by atoms with E-state index in [1.165, 1.54) is 0 Å². The van der Waals surface area contributed by atoms with Crippen molar-refractivity contribution < 1.29 is 5.11 Å². The van der Waals surface area contributed by atoms with Crippen LogP contribution in [-0.2, 0) is 0 Å². The van der Waals surface area contributed by atoms with Crippen molar-refractivity contribution in [2.24, 2.45) is 0 Å². The molecular weight excluding hydrogens is 326 g/mol. The lowest BCUT2D eigenvalue weighted by Gasteiger charge is -2.26. The average Bonchev–Trinajstić information content (AvgIpc) is 3.11. The van der Waals surface area contributed by atoms with Gasteiger partial charge in [0.1, 0.15) is 0 Å². The van der Waals surface area contributed by atoms with Gasteiger partial charge in [0.05, 0.1) is 29.8 Å². The number of rotatable bonds is 2. The summed E-state index contributed by atoms with van der Waals surface area (Å²) in [6.45, 7) is 0. The van der Waals surface area contributed by atoms with Gasteiger partial charge in [-0.05, 0) is 37.8 Å². The van der Waals surface area contributed by atoms with Crippen molar-refractivity contribution in [3.05, 3.63) is 49.1 Å². The monoisotopic (exact) mass is 345 g/mol. The lowest BCUT2D eigenvalue weighted by atomic mass is 9.93. The first-order valence-electron chi connectivity index (χ1n) is 9.01. The van der Waals surface area contributed by atoms with Crippen molar-refractivity contribution in [1.82, 2.24) is 24.5 Å². The van der Waals surface area contributed by atoms with Crippen LogP contribution in [0.5, 0.6) is 0 Å². The molecule has 0 saturated heterocycles. The van der Waals surface area contributed by atoms with Crippen LogP contribution in [-0.4, -0.2) is 35.7 Å². The summed E-state index contributed by atoms with van der Waals surface area (Å²) < 4.78 is 2.13. The Morgan fingerprint density at radius 3 is 2.73 bits per heavy atom. The SMILES string of the molecule is O[C@H]1CC[C@H](n2cnc3ncc(-c4cccc5ncccc45)nc32)CC1. The Morgan fingerprint density at radius 1 is 0.962 bits per heavy atom. The van der Waals surface area contributed by atoms with E-state index in [9.17, 15) is 5.11 Å². The number of hydrogen-bond donors (Lipinski definition) is 1. The van der Waals surface area contributed by atoms with Gasteiger partial charge in [-0.2, -0.15) is 0 Å². The van der Waals surface area contributed by atoms with Crippen molar-refractivity contribution in [3.8, 4) is 11.3 Å². The molecular formula is C20H19N5O. The number of imidazole rings is 1. The van der Waals surface area contributed by atoms with Crippen molar-refractivity contribution in [1.29, 1.82) is 0 Å². The Kier molecular flexibility index (Phi) is 3.64. The molecule has 0 bridgehead atoms. The zero-order chi connectivity index (χ0) is 17.5. The fourth-order valence-corrected chi connectivity index (χ4v) is 3.87. The minimum absolute atomic E-state index is 0.175. The highest BCUT2D eigenvalue weighted by atomic mass is 16.3. The Balaban J connectivity index is 1.62. The molecule has 0 radical (unpaired) electrons. The minimum atomic E-state index is -0.175. The first-order chi connectivity index (χ1) is 12.8. The molecule has 130 valence electrons. The molecule has 0 amide bonds. The lowest BCUT2D eigenvalue weighted by molar-refractivity contribution is 0.111. The zero-order valence-corrected chi connectivity index (χ0v) is 14.3. The molecule has 1 N–H and O–H groups in total.